The minimum Gasteiger partial charge on any atom is -0.378 e. The smallest absolute Gasteiger partial charge is 0.229 e. The van der Waals surface area contributed by atoms with E-state index in [0.29, 0.717) is 24.8 Å². The molecule has 0 fully saturated rings. The molecule has 0 saturated carbocycles. The lowest BCUT2D eigenvalue weighted by Gasteiger charge is -2.22. The van der Waals surface area contributed by atoms with Crippen LogP contribution in [-0.4, -0.2) is 24.6 Å². The van der Waals surface area contributed by atoms with Crippen LogP contribution in [0.4, 0.5) is 5.13 Å². The van der Waals surface area contributed by atoms with E-state index in [2.05, 4.69) is 21.7 Å². The predicted octanol–water partition coefficient (Wildman–Crippen LogP) is 2.99. The monoisotopic (exact) mass is 324 g/mol. The minimum absolute atomic E-state index is 0.0698. The molecule has 5 nitrogen and oxygen atoms in total. The van der Waals surface area contributed by atoms with Crippen LogP contribution in [0.25, 0.3) is 0 Å². The summed E-state index contributed by atoms with van der Waals surface area (Å²) in [4.78, 5) is 17.6. The molecule has 3 heterocycles. The van der Waals surface area contributed by atoms with Gasteiger partial charge in [-0.25, -0.2) is 4.98 Å². The quantitative estimate of drug-likeness (QED) is 0.918. The van der Waals surface area contributed by atoms with Crippen molar-refractivity contribution in [2.75, 3.05) is 19.0 Å². The normalized spacial score (nSPS) is 17.5. The van der Waals surface area contributed by atoms with Crippen molar-refractivity contribution in [3.8, 4) is 0 Å². The van der Waals surface area contributed by atoms with Crippen LogP contribution in [0, 0.1) is 0 Å². The summed E-state index contributed by atoms with van der Waals surface area (Å²) in [5, 5.41) is 7.37. The molecule has 1 unspecified atom stereocenters. The van der Waals surface area contributed by atoms with E-state index < -0.39 is 0 Å². The van der Waals surface area contributed by atoms with Crippen LogP contribution in [0.15, 0.2) is 16.8 Å². The Hall–Kier alpha value is -1.28. The molecule has 1 N–H and O–H groups in total. The van der Waals surface area contributed by atoms with Crippen molar-refractivity contribution in [3.05, 3.63) is 33.0 Å². The van der Waals surface area contributed by atoms with Gasteiger partial charge in [-0.2, -0.15) is 0 Å². The molecule has 0 spiro atoms. The average molecular weight is 324 g/mol. The van der Waals surface area contributed by atoms with Gasteiger partial charge in [0.2, 0.25) is 5.91 Å². The van der Waals surface area contributed by atoms with Gasteiger partial charge in [0.25, 0.3) is 0 Å². The highest BCUT2D eigenvalue weighted by molar-refractivity contribution is 7.14. The molecular weight excluding hydrogens is 308 g/mol. The summed E-state index contributed by atoms with van der Waals surface area (Å²) in [6.07, 6.45) is 1.13. The Labute approximate surface area is 130 Å². The number of aromatic nitrogens is 1. The SMILES string of the molecule is COCc1csc(NC(=O)CC2OCCc3ccsc32)n1. The van der Waals surface area contributed by atoms with E-state index in [1.807, 2.05) is 5.38 Å². The average Bonchev–Trinajstić information content (AvgIpc) is 3.09. The van der Waals surface area contributed by atoms with Crippen LogP contribution in [0.2, 0.25) is 0 Å². The number of nitrogens with one attached hydrogen (secondary N) is 1. The molecule has 1 amide bonds. The van der Waals surface area contributed by atoms with Gasteiger partial charge >= 0.3 is 0 Å². The first kappa shape index (κ1) is 14.6. The Bertz CT molecular complexity index is 623. The van der Waals surface area contributed by atoms with E-state index in [-0.39, 0.29) is 12.0 Å². The zero-order chi connectivity index (χ0) is 14.7. The minimum atomic E-state index is -0.132. The summed E-state index contributed by atoms with van der Waals surface area (Å²) in [6, 6.07) is 2.12. The number of fused-ring (bicyclic) bond motifs is 1. The molecule has 7 heteroatoms. The van der Waals surface area contributed by atoms with Crippen LogP contribution in [-0.2, 0) is 27.3 Å². The number of thiophene rings is 1. The van der Waals surface area contributed by atoms with E-state index >= 15 is 0 Å². The van der Waals surface area contributed by atoms with E-state index in [1.165, 1.54) is 21.8 Å². The number of carbonyl (C=O) groups is 1. The molecular formula is C14H16N2O3S2. The summed E-state index contributed by atoms with van der Waals surface area (Å²) in [5.74, 6) is -0.0698. The molecule has 1 aliphatic heterocycles. The number of carbonyl (C=O) groups excluding carboxylic acids is 1. The van der Waals surface area contributed by atoms with E-state index in [1.54, 1.807) is 18.4 Å². The fourth-order valence-corrected chi connectivity index (χ4v) is 4.01. The van der Waals surface area contributed by atoms with Crippen molar-refractivity contribution >= 4 is 33.7 Å². The number of hydrogen-bond acceptors (Lipinski definition) is 6. The maximum Gasteiger partial charge on any atom is 0.229 e. The lowest BCUT2D eigenvalue weighted by molar-refractivity contribution is -0.119. The van der Waals surface area contributed by atoms with E-state index in [4.69, 9.17) is 9.47 Å². The molecule has 3 rings (SSSR count). The number of hydrogen-bond donors (Lipinski definition) is 1. The van der Waals surface area contributed by atoms with Gasteiger partial charge in [0.15, 0.2) is 5.13 Å². The molecule has 21 heavy (non-hydrogen) atoms. The zero-order valence-electron chi connectivity index (χ0n) is 11.6. The molecule has 1 atom stereocenters. The second kappa shape index (κ2) is 6.65. The van der Waals surface area contributed by atoms with Crippen molar-refractivity contribution in [2.45, 2.75) is 25.6 Å². The Balaban J connectivity index is 1.59. The molecule has 0 radical (unpaired) electrons. The second-order valence-corrected chi connectivity index (χ2v) is 6.55. The highest BCUT2D eigenvalue weighted by atomic mass is 32.1. The second-order valence-electron chi connectivity index (χ2n) is 4.75. The van der Waals surface area contributed by atoms with Gasteiger partial charge in [-0.3, -0.25) is 4.79 Å². The number of nitrogens with zero attached hydrogens (tertiary/aromatic N) is 1. The summed E-state index contributed by atoms with van der Waals surface area (Å²) >= 11 is 3.06. The van der Waals surface area contributed by atoms with Gasteiger partial charge in [0, 0.05) is 17.4 Å². The number of methoxy groups -OCH3 is 1. The number of anilines is 1. The molecule has 0 aromatic carbocycles. The molecule has 2 aromatic rings. The third-order valence-electron chi connectivity index (χ3n) is 3.22. The highest BCUT2D eigenvalue weighted by Crippen LogP contribution is 2.34. The van der Waals surface area contributed by atoms with Gasteiger partial charge < -0.3 is 14.8 Å². The summed E-state index contributed by atoms with van der Waals surface area (Å²) in [7, 11) is 1.62. The Morgan fingerprint density at radius 1 is 1.57 bits per heavy atom. The van der Waals surface area contributed by atoms with Gasteiger partial charge in [0.05, 0.1) is 25.3 Å². The van der Waals surface area contributed by atoms with Crippen LogP contribution in [0.5, 0.6) is 0 Å². The number of amides is 1. The molecule has 0 saturated heterocycles. The van der Waals surface area contributed by atoms with Crippen LogP contribution in [0.1, 0.15) is 28.7 Å². The van der Waals surface area contributed by atoms with Crippen molar-refractivity contribution in [1.29, 1.82) is 0 Å². The maximum atomic E-state index is 12.1. The van der Waals surface area contributed by atoms with Crippen LogP contribution < -0.4 is 5.32 Å². The fraction of sp³-hybridized carbons (Fsp3) is 0.429. The third-order valence-corrected chi connectivity index (χ3v) is 5.08. The van der Waals surface area contributed by atoms with Gasteiger partial charge in [-0.15, -0.1) is 22.7 Å². The van der Waals surface area contributed by atoms with Gasteiger partial charge in [0.1, 0.15) is 6.10 Å². The Morgan fingerprint density at radius 2 is 2.48 bits per heavy atom. The first-order valence-corrected chi connectivity index (χ1v) is 8.43. The topological polar surface area (TPSA) is 60.5 Å². The molecule has 1 aliphatic rings. The largest absolute Gasteiger partial charge is 0.378 e. The highest BCUT2D eigenvalue weighted by Gasteiger charge is 2.24. The molecule has 0 bridgehead atoms. The summed E-state index contributed by atoms with van der Waals surface area (Å²) in [5.41, 5.74) is 2.13. The molecule has 2 aromatic heterocycles. The standard InChI is InChI=1S/C14H16N2O3S2/c1-18-7-10-8-21-14(15-10)16-12(17)6-11-13-9(2-4-19-11)3-5-20-13/h3,5,8,11H,2,4,6-7H2,1H3,(H,15,16,17). The molecule has 112 valence electrons. The Morgan fingerprint density at radius 3 is 3.33 bits per heavy atom. The van der Waals surface area contributed by atoms with Crippen molar-refractivity contribution in [2.24, 2.45) is 0 Å². The molecule has 0 aliphatic carbocycles. The van der Waals surface area contributed by atoms with Crippen LogP contribution >= 0.6 is 22.7 Å². The first-order chi connectivity index (χ1) is 10.3. The lowest BCUT2D eigenvalue weighted by Crippen LogP contribution is -2.21. The maximum absolute atomic E-state index is 12.1. The summed E-state index contributed by atoms with van der Waals surface area (Å²) in [6.45, 7) is 1.13. The van der Waals surface area contributed by atoms with Gasteiger partial charge in [-0.1, -0.05) is 0 Å². The van der Waals surface area contributed by atoms with E-state index in [0.717, 1.165) is 12.1 Å². The first-order valence-electron chi connectivity index (χ1n) is 6.67. The van der Waals surface area contributed by atoms with Gasteiger partial charge in [-0.05, 0) is 23.4 Å². The zero-order valence-corrected chi connectivity index (χ0v) is 13.3. The lowest BCUT2D eigenvalue weighted by atomic mass is 10.1. The van der Waals surface area contributed by atoms with E-state index in [9.17, 15) is 4.79 Å². The van der Waals surface area contributed by atoms with Crippen molar-refractivity contribution in [3.63, 3.8) is 0 Å². The summed E-state index contributed by atoms with van der Waals surface area (Å²) < 4.78 is 10.7. The van der Waals surface area contributed by atoms with Crippen molar-refractivity contribution in [1.82, 2.24) is 4.98 Å². The number of rotatable bonds is 5. The number of ether oxygens (including phenoxy) is 2. The number of thiazole rings is 1. The fourth-order valence-electron chi connectivity index (χ4n) is 2.29. The third kappa shape index (κ3) is 3.49. The Kier molecular flexibility index (Phi) is 4.64. The van der Waals surface area contributed by atoms with Crippen LogP contribution in [0.3, 0.4) is 0 Å². The predicted molar refractivity (Wildman–Crippen MR) is 82.8 cm³/mol. The van der Waals surface area contributed by atoms with Crippen molar-refractivity contribution < 1.29 is 14.3 Å².